The van der Waals surface area contributed by atoms with Crippen LogP contribution in [0.4, 0.5) is 5.69 Å². The fourth-order valence-corrected chi connectivity index (χ4v) is 8.70. The van der Waals surface area contributed by atoms with Crippen LogP contribution in [0.15, 0.2) is 54.1 Å². The zero-order valence-corrected chi connectivity index (χ0v) is 28.1. The van der Waals surface area contributed by atoms with Crippen molar-refractivity contribution in [2.45, 2.75) is 29.5 Å². The molecule has 2 aliphatic heterocycles. The Kier molecular flexibility index (Phi) is 8.10. The summed E-state index contributed by atoms with van der Waals surface area (Å²) in [5.74, 6) is -5.46. The van der Waals surface area contributed by atoms with Crippen molar-refractivity contribution in [3.8, 4) is 17.2 Å². The van der Waals surface area contributed by atoms with Crippen molar-refractivity contribution in [2.75, 3.05) is 24.6 Å². The molecule has 4 amide bonds. The first-order valence-corrected chi connectivity index (χ1v) is 16.3. The van der Waals surface area contributed by atoms with Crippen LogP contribution in [-0.2, 0) is 19.2 Å². The molecule has 0 radical (unpaired) electrons. The van der Waals surface area contributed by atoms with Crippen molar-refractivity contribution >= 4 is 80.3 Å². The average molecular weight is 732 g/mol. The highest BCUT2D eigenvalue weighted by molar-refractivity contribution is 9.09. The molecule has 0 aromatic heterocycles. The van der Waals surface area contributed by atoms with Gasteiger partial charge in [-0.25, -0.2) is 0 Å². The fraction of sp³-hybridized carbons (Fsp3) is 0.364. The van der Waals surface area contributed by atoms with Crippen molar-refractivity contribution in [1.82, 2.24) is 4.90 Å². The topological polar surface area (TPSA) is 131 Å². The number of ketones is 1. The van der Waals surface area contributed by atoms with Gasteiger partial charge in [0, 0.05) is 11.5 Å². The van der Waals surface area contributed by atoms with Gasteiger partial charge in [-0.3, -0.25) is 33.8 Å². The third-order valence-corrected chi connectivity index (χ3v) is 11.5. The number of aromatic hydroxyl groups is 1. The Hall–Kier alpha value is -3.67. The van der Waals surface area contributed by atoms with Gasteiger partial charge in [0.1, 0.15) is 0 Å². The molecule has 1 saturated carbocycles. The highest BCUT2D eigenvalue weighted by Crippen LogP contribution is 2.63. The molecule has 0 bridgehead atoms. The van der Waals surface area contributed by atoms with Crippen LogP contribution in [0.5, 0.6) is 17.2 Å². The molecule has 2 aromatic rings. The molecule has 2 saturated heterocycles. The standard InChI is InChI=1S/C33H29BrCl2N2O8/c1-16(39)18-5-7-19(8-6-18)38-28(41)21-10-9-20-22(26(21)29(38)42)14-32(35)30(43)37(15-34)31(44)33(32,36)23(20)11-4-17-12-24(45-2)27(40)25(13-17)46-3/h4-9,11-13,21-23,26,40H,10,14-15H2,1-3H3/t21-,22+,23-,26-,32+,33-/m0/s1. The fourth-order valence-electron chi connectivity index (χ4n) is 7.32. The number of likely N-dealkylation sites (tertiary alicyclic amines) is 1. The molecule has 6 atom stereocenters. The molecular weight excluding hydrogens is 703 g/mol. The number of imide groups is 2. The van der Waals surface area contributed by atoms with Crippen LogP contribution in [0.3, 0.4) is 0 Å². The van der Waals surface area contributed by atoms with Gasteiger partial charge in [0.25, 0.3) is 11.8 Å². The molecule has 0 unspecified atom stereocenters. The van der Waals surface area contributed by atoms with Crippen molar-refractivity contribution < 1.29 is 38.6 Å². The molecule has 1 N–H and O–H groups in total. The van der Waals surface area contributed by atoms with Gasteiger partial charge < -0.3 is 14.6 Å². The average Bonchev–Trinajstić information content (AvgIpc) is 3.38. The lowest BCUT2D eigenvalue weighted by molar-refractivity contribution is -0.138. The number of anilines is 1. The second-order valence-electron chi connectivity index (χ2n) is 11.8. The van der Waals surface area contributed by atoms with Crippen LogP contribution in [0.25, 0.3) is 6.08 Å². The second kappa shape index (κ2) is 11.5. The molecule has 2 aromatic carbocycles. The molecule has 240 valence electrons. The maximum atomic E-state index is 14.1. The molecule has 4 aliphatic rings. The number of Topliss-reactive ketones (excluding diaryl/α,β-unsaturated/α-hetero) is 1. The number of halogens is 3. The van der Waals surface area contributed by atoms with E-state index in [4.69, 9.17) is 32.7 Å². The zero-order chi connectivity index (χ0) is 33.3. The molecule has 13 heteroatoms. The van der Waals surface area contributed by atoms with Crippen LogP contribution in [0.2, 0.25) is 0 Å². The number of rotatable bonds is 7. The number of nitrogens with zero attached hydrogens (tertiary/aromatic N) is 2. The summed E-state index contributed by atoms with van der Waals surface area (Å²) in [4.78, 5) is 65.5. The zero-order valence-electron chi connectivity index (χ0n) is 25.0. The summed E-state index contributed by atoms with van der Waals surface area (Å²) in [6.07, 6.45) is 5.23. The monoisotopic (exact) mass is 730 g/mol. The van der Waals surface area contributed by atoms with Crippen LogP contribution >= 0.6 is 39.1 Å². The van der Waals surface area contributed by atoms with Crippen molar-refractivity contribution in [1.29, 1.82) is 0 Å². The van der Waals surface area contributed by atoms with Crippen molar-refractivity contribution in [3.63, 3.8) is 0 Å². The molecule has 2 aliphatic carbocycles. The predicted molar refractivity (Wildman–Crippen MR) is 173 cm³/mol. The van der Waals surface area contributed by atoms with Gasteiger partial charge in [0.15, 0.2) is 27.0 Å². The molecule has 3 fully saturated rings. The normalized spacial score (nSPS) is 30.3. The summed E-state index contributed by atoms with van der Waals surface area (Å²) in [7, 11) is 2.79. The molecule has 2 heterocycles. The number of hydrogen-bond acceptors (Lipinski definition) is 8. The lowest BCUT2D eigenvalue weighted by Crippen LogP contribution is -2.60. The highest BCUT2D eigenvalue weighted by Gasteiger charge is 2.75. The SMILES string of the molecule is COc1cc(C=C[C@H]2C3=CC[C@@H]4C(=O)N(c5ccc(C(C)=O)cc5)C(=O)[C@@H]4[C@@H]3C[C@@]3(Cl)C(=O)N(CBr)C(=O)[C@@]23Cl)cc(OC)c1O. The Morgan fingerprint density at radius 3 is 2.22 bits per heavy atom. The van der Waals surface area contributed by atoms with E-state index in [1.807, 2.05) is 6.08 Å². The Morgan fingerprint density at radius 2 is 1.65 bits per heavy atom. The second-order valence-corrected chi connectivity index (χ2v) is 13.5. The number of carbonyl (C=O) groups is 5. The van der Waals surface area contributed by atoms with E-state index in [0.717, 1.165) is 9.80 Å². The first-order chi connectivity index (χ1) is 21.8. The summed E-state index contributed by atoms with van der Waals surface area (Å²) in [6.45, 7) is 1.43. The number of phenols is 1. The van der Waals surface area contributed by atoms with Gasteiger partial charge in [-0.15, -0.1) is 23.2 Å². The minimum atomic E-state index is -1.94. The van der Waals surface area contributed by atoms with Crippen molar-refractivity contribution in [3.05, 3.63) is 65.3 Å². The molecule has 46 heavy (non-hydrogen) atoms. The van der Waals surface area contributed by atoms with Gasteiger partial charge in [0.2, 0.25) is 17.6 Å². The predicted octanol–water partition coefficient (Wildman–Crippen LogP) is 5.07. The minimum absolute atomic E-state index is 0.131. The van der Waals surface area contributed by atoms with Gasteiger partial charge in [0.05, 0.1) is 37.2 Å². The number of fused-ring (bicyclic) bond motifs is 4. The molecule has 6 rings (SSSR count). The van der Waals surface area contributed by atoms with E-state index >= 15 is 0 Å². The summed E-state index contributed by atoms with van der Waals surface area (Å²) >= 11 is 17.7. The quantitative estimate of drug-likeness (QED) is 0.137. The summed E-state index contributed by atoms with van der Waals surface area (Å²) in [5.41, 5.74) is 1.81. The minimum Gasteiger partial charge on any atom is -0.502 e. The van der Waals surface area contributed by atoms with E-state index in [1.54, 1.807) is 48.6 Å². The van der Waals surface area contributed by atoms with Crippen LogP contribution in [0, 0.1) is 23.7 Å². The number of hydrogen-bond donors (Lipinski definition) is 1. The number of allylic oxidation sites excluding steroid dienone is 3. The number of amides is 4. The first kappa shape index (κ1) is 32.3. The third kappa shape index (κ3) is 4.46. The number of methoxy groups -OCH3 is 2. The van der Waals surface area contributed by atoms with Crippen LogP contribution in [-0.4, -0.2) is 68.8 Å². The summed E-state index contributed by atoms with van der Waals surface area (Å²) in [5, 5.41) is 10.4. The van der Waals surface area contributed by atoms with E-state index in [-0.39, 0.29) is 41.3 Å². The number of benzene rings is 2. The van der Waals surface area contributed by atoms with Gasteiger partial charge >= 0.3 is 0 Å². The number of ether oxygens (including phenoxy) is 2. The molecule has 10 nitrogen and oxygen atoms in total. The van der Waals surface area contributed by atoms with E-state index in [1.165, 1.54) is 21.1 Å². The Labute approximate surface area is 283 Å². The van der Waals surface area contributed by atoms with Gasteiger partial charge in [-0.1, -0.05) is 39.7 Å². The first-order valence-electron chi connectivity index (χ1n) is 14.5. The van der Waals surface area contributed by atoms with Crippen LogP contribution in [0.1, 0.15) is 35.7 Å². The summed E-state index contributed by atoms with van der Waals surface area (Å²) in [6, 6.07) is 9.37. The van der Waals surface area contributed by atoms with Crippen LogP contribution < -0.4 is 14.4 Å². The largest absolute Gasteiger partial charge is 0.502 e. The number of phenolic OH excluding ortho intramolecular Hbond substituents is 1. The number of alkyl halides is 3. The lowest BCUT2D eigenvalue weighted by Gasteiger charge is -2.49. The van der Waals surface area contributed by atoms with E-state index in [0.29, 0.717) is 22.4 Å². The number of carbonyl (C=O) groups excluding carboxylic acids is 5. The molecule has 0 spiro atoms. The lowest BCUT2D eigenvalue weighted by atomic mass is 9.57. The van der Waals surface area contributed by atoms with Gasteiger partial charge in [-0.05, 0) is 67.6 Å². The Bertz CT molecular complexity index is 1730. The maximum absolute atomic E-state index is 14.1. The van der Waals surface area contributed by atoms with E-state index < -0.39 is 57.0 Å². The van der Waals surface area contributed by atoms with Gasteiger partial charge in [-0.2, -0.15) is 0 Å². The Balaban J connectivity index is 1.45. The highest BCUT2D eigenvalue weighted by atomic mass is 79.9. The smallest absolute Gasteiger partial charge is 0.254 e. The maximum Gasteiger partial charge on any atom is 0.254 e. The Morgan fingerprint density at radius 1 is 1.02 bits per heavy atom. The molecular formula is C33H29BrCl2N2O8. The van der Waals surface area contributed by atoms with E-state index in [2.05, 4.69) is 15.9 Å². The van der Waals surface area contributed by atoms with E-state index in [9.17, 15) is 29.1 Å². The van der Waals surface area contributed by atoms with Crippen molar-refractivity contribution in [2.24, 2.45) is 23.7 Å². The third-order valence-electron chi connectivity index (χ3n) is 9.59. The summed E-state index contributed by atoms with van der Waals surface area (Å²) < 4.78 is 10.6.